The predicted octanol–water partition coefficient (Wildman–Crippen LogP) is 20.0. The summed E-state index contributed by atoms with van der Waals surface area (Å²) in [6.07, 6.45) is 5.72. The van der Waals surface area contributed by atoms with Crippen molar-refractivity contribution < 1.29 is 24.5 Å². The van der Waals surface area contributed by atoms with E-state index in [9.17, 15) is 5.26 Å². The number of aromatic nitrogens is 5. The molecule has 0 unspecified atom stereocenters. The normalized spacial score (nSPS) is 11.2. The number of benzene rings is 9. The average molecular weight is 1270 g/mol. The monoisotopic (exact) mass is 1270 g/mol. The Bertz CT molecular complexity index is 4290. The van der Waals surface area contributed by atoms with Gasteiger partial charge in [0.2, 0.25) is 0 Å². The number of nitriles is 1. The van der Waals surface area contributed by atoms with Crippen molar-refractivity contribution in [3.05, 3.63) is 271 Å². The minimum atomic E-state index is 0. The fraction of sp³-hybridized carbons (Fsp3) is 0.158. The van der Waals surface area contributed by atoms with Gasteiger partial charge in [-0.05, 0) is 116 Å². The molecular weight excluding hydrogens is 1210 g/mol. The summed E-state index contributed by atoms with van der Waals surface area (Å²) < 4.78 is 11.0. The van der Waals surface area contributed by atoms with Gasteiger partial charge in [-0.25, -0.2) is 0 Å². The van der Waals surface area contributed by atoms with Crippen LogP contribution in [0.5, 0.6) is 0 Å². The van der Waals surface area contributed by atoms with E-state index >= 15 is 0 Å². The molecule has 0 saturated carbocycles. The van der Waals surface area contributed by atoms with Gasteiger partial charge in [-0.1, -0.05) is 169 Å². The zero-order valence-electron chi connectivity index (χ0n) is 48.6. The number of furan rings is 1. The van der Waals surface area contributed by atoms with Gasteiger partial charge in [-0.15, -0.1) is 90.0 Å². The second-order valence-corrected chi connectivity index (χ2v) is 22.0. The number of hydrogen-bond donors (Lipinski definition) is 0. The summed E-state index contributed by atoms with van der Waals surface area (Å²) in [5, 5.41) is 11.5. The van der Waals surface area contributed by atoms with Gasteiger partial charge in [0.05, 0.1) is 39.9 Å². The number of nitrogens with zero attached hydrogens (tertiary/aromatic N) is 6. The first-order chi connectivity index (χ1) is 40.5. The minimum absolute atomic E-state index is 0. The third-order valence-corrected chi connectivity index (χ3v) is 15.1. The fourth-order valence-electron chi connectivity index (χ4n) is 10.9. The molecule has 0 aliphatic heterocycles. The van der Waals surface area contributed by atoms with Crippen molar-refractivity contribution in [1.82, 2.24) is 24.1 Å². The predicted molar refractivity (Wildman–Crippen MR) is 341 cm³/mol. The molecule has 13 rings (SSSR count). The Hall–Kier alpha value is -9.25. The number of rotatable bonds is 11. The summed E-state index contributed by atoms with van der Waals surface area (Å²) in [5.74, 6) is 3.12. The largest absolute Gasteiger partial charge is 3.00 e. The van der Waals surface area contributed by atoms with Crippen LogP contribution in [0.1, 0.15) is 107 Å². The number of fused-ring (bicyclic) bond motifs is 4. The van der Waals surface area contributed by atoms with Crippen LogP contribution in [0.25, 0.3) is 101 Å². The van der Waals surface area contributed by atoms with Crippen LogP contribution in [0.4, 0.5) is 0 Å². The maximum atomic E-state index is 9.53. The zero-order chi connectivity index (χ0) is 57.6. The molecule has 0 aliphatic rings. The van der Waals surface area contributed by atoms with E-state index in [2.05, 4.69) is 214 Å². The summed E-state index contributed by atoms with van der Waals surface area (Å²) in [4.78, 5) is 14.1. The van der Waals surface area contributed by atoms with E-state index in [1.165, 1.54) is 50.2 Å². The van der Waals surface area contributed by atoms with Crippen molar-refractivity contribution in [2.24, 2.45) is 0 Å². The molecule has 4 aromatic heterocycles. The first-order valence-corrected chi connectivity index (χ1v) is 28.6. The van der Waals surface area contributed by atoms with Gasteiger partial charge in [0.1, 0.15) is 5.58 Å². The van der Waals surface area contributed by atoms with Crippen LogP contribution >= 0.6 is 0 Å². The molecule has 0 N–H and O–H groups in total. The van der Waals surface area contributed by atoms with E-state index in [1.807, 2.05) is 97.2 Å². The Kier molecular flexibility index (Phi) is 17.9. The molecule has 0 spiro atoms. The second-order valence-electron chi connectivity index (χ2n) is 22.0. The van der Waals surface area contributed by atoms with Crippen molar-refractivity contribution in [2.45, 2.75) is 79.1 Å². The first-order valence-electron chi connectivity index (χ1n) is 28.6. The van der Waals surface area contributed by atoms with Gasteiger partial charge in [-0.2, -0.15) is 5.26 Å². The minimum Gasteiger partial charge on any atom is -0.500 e. The zero-order valence-corrected chi connectivity index (χ0v) is 51.0. The van der Waals surface area contributed by atoms with Gasteiger partial charge in [-0.3, -0.25) is 9.97 Å². The van der Waals surface area contributed by atoms with Crippen molar-refractivity contribution in [3.63, 3.8) is 0 Å². The number of imidazole rings is 2. The van der Waals surface area contributed by atoms with E-state index in [-0.39, 0.29) is 31.9 Å². The average Bonchev–Trinajstić information content (AvgIpc) is 3.17. The summed E-state index contributed by atoms with van der Waals surface area (Å²) in [6, 6.07) is 82.5. The van der Waals surface area contributed by atoms with E-state index in [0.717, 1.165) is 61.5 Å². The summed E-state index contributed by atoms with van der Waals surface area (Å²) in [5.41, 5.74) is 20.2. The molecule has 414 valence electrons. The van der Waals surface area contributed by atoms with Crippen LogP contribution in [0.2, 0.25) is 0 Å². The quantitative estimate of drug-likeness (QED) is 0.120. The summed E-state index contributed by atoms with van der Waals surface area (Å²) >= 11 is 0. The first kappa shape index (κ1) is 58.0. The van der Waals surface area contributed by atoms with Crippen LogP contribution in [0.15, 0.2) is 229 Å². The molecule has 8 heteroatoms. The van der Waals surface area contributed by atoms with Crippen LogP contribution < -0.4 is 0 Å². The summed E-state index contributed by atoms with van der Waals surface area (Å²) in [6.45, 7) is 18.0. The molecule has 0 atom stereocenters. The smallest absolute Gasteiger partial charge is 0.500 e. The second kappa shape index (κ2) is 25.9. The fourth-order valence-corrected chi connectivity index (χ4v) is 10.9. The molecule has 0 bridgehead atoms. The van der Waals surface area contributed by atoms with Crippen molar-refractivity contribution in [2.75, 3.05) is 0 Å². The third kappa shape index (κ3) is 12.0. The molecule has 4 heterocycles. The van der Waals surface area contributed by atoms with Crippen LogP contribution in [0.3, 0.4) is 0 Å². The van der Waals surface area contributed by atoms with Crippen molar-refractivity contribution in [3.8, 4) is 73.7 Å². The number of pyridine rings is 1. The Morgan fingerprint density at radius 2 is 1.08 bits per heavy atom. The Balaban J connectivity index is 0.000000179. The van der Waals surface area contributed by atoms with Crippen molar-refractivity contribution >= 4 is 33.0 Å². The van der Waals surface area contributed by atoms with Crippen LogP contribution in [-0.2, 0) is 20.1 Å². The molecule has 0 aliphatic carbocycles. The van der Waals surface area contributed by atoms with Gasteiger partial charge >= 0.3 is 20.1 Å². The van der Waals surface area contributed by atoms with E-state index in [1.54, 1.807) is 12.3 Å². The Morgan fingerprint density at radius 1 is 0.476 bits per heavy atom. The van der Waals surface area contributed by atoms with Gasteiger partial charge < -0.3 is 18.5 Å². The molecule has 13 aromatic rings. The molecule has 84 heavy (non-hydrogen) atoms. The Morgan fingerprint density at radius 3 is 1.70 bits per heavy atom. The maximum Gasteiger partial charge on any atom is 3.00 e. The molecule has 9 aromatic carbocycles. The van der Waals surface area contributed by atoms with E-state index in [0.29, 0.717) is 28.6 Å². The third-order valence-electron chi connectivity index (χ3n) is 15.1. The number of hydrogen-bond acceptors (Lipinski definition) is 5. The molecule has 0 radical (unpaired) electrons. The van der Waals surface area contributed by atoms with Gasteiger partial charge in [0, 0.05) is 35.4 Å². The van der Waals surface area contributed by atoms with Crippen LogP contribution in [-0.4, -0.2) is 24.1 Å². The molecule has 0 fully saturated rings. The van der Waals surface area contributed by atoms with Gasteiger partial charge in [0.15, 0.2) is 0 Å². The van der Waals surface area contributed by atoms with Crippen LogP contribution in [0, 0.1) is 29.5 Å². The number of para-hydroxylation sites is 3. The molecular formula is C76H65IrN6O. The molecule has 7 nitrogen and oxygen atoms in total. The Labute approximate surface area is 507 Å². The van der Waals surface area contributed by atoms with Crippen molar-refractivity contribution in [1.29, 1.82) is 5.26 Å². The van der Waals surface area contributed by atoms with E-state index in [4.69, 9.17) is 9.40 Å². The SMILES string of the molecule is CC(C)c1cc(-c2ccc(-c3ccccc3)cc2)cc(C(C)C)c1-n1c(-c2[c-]ccc3c2oc2cc(C#N)ccc23)nc2ccccc21.CC(C)c1cccc(C(C)C)c1-n1ccnc1-c1[c-]cccc1.[Ir+3].[c-]1ccccc1-c1ccccn1. The molecule has 0 saturated heterocycles. The maximum absolute atomic E-state index is 9.53. The van der Waals surface area contributed by atoms with Gasteiger partial charge in [0.25, 0.3) is 0 Å². The topological polar surface area (TPSA) is 85.5 Å². The standard InChI is InChI=1S/C44H34N3O.C21H23N2.C11H8N.Ir/c1-27(2)37-24-33(32-20-18-31(19-21-32)30-11-6-5-7-12-30)25-38(28(3)4)42(37)47-40-16-9-8-15-39(40)46-44(47)36-14-10-13-35-34-22-17-29(26-45)23-41(34)48-43(35)36;1-15(2)18-11-8-12-19(16(3)4)20(18)23-14-13-22-21(23)17-9-6-5-7-10-17;1-2-6-10(7-3-1)11-8-4-5-9-12-11;/h5-13,15-25,27-28H,1-4H3;5-9,11-16H,1-4H3;1-6,8-9H;/q3*-1;+3. The molecule has 0 amide bonds. The van der Waals surface area contributed by atoms with E-state index < -0.39 is 0 Å². The summed E-state index contributed by atoms with van der Waals surface area (Å²) in [7, 11) is 0.